The van der Waals surface area contributed by atoms with Crippen LogP contribution in [0.1, 0.15) is 5.56 Å². The number of hydrogen-bond donors (Lipinski definition) is 1. The minimum Gasteiger partial charge on any atom is -0.507 e. The molecule has 0 aliphatic heterocycles. The molecule has 1 heterocycles. The first kappa shape index (κ1) is 13.6. The maximum Gasteiger partial charge on any atom is 0.262 e. The molecule has 21 heavy (non-hydrogen) atoms. The van der Waals surface area contributed by atoms with Crippen molar-refractivity contribution >= 4 is 11.6 Å². The van der Waals surface area contributed by atoms with E-state index in [1.807, 2.05) is 0 Å². The fourth-order valence-corrected chi connectivity index (χ4v) is 2.10. The van der Waals surface area contributed by atoms with Gasteiger partial charge in [-0.05, 0) is 36.8 Å². The molecular weight excluding hydrogens is 295 g/mol. The monoisotopic (exact) mass is 304 g/mol. The van der Waals surface area contributed by atoms with Crippen molar-refractivity contribution in [3.63, 3.8) is 0 Å². The molecule has 2 aromatic carbocycles. The van der Waals surface area contributed by atoms with Crippen molar-refractivity contribution in [3.8, 4) is 28.6 Å². The minimum atomic E-state index is -0.513. The van der Waals surface area contributed by atoms with Gasteiger partial charge in [0.2, 0.25) is 5.82 Å². The summed E-state index contributed by atoms with van der Waals surface area (Å²) in [5.41, 5.74) is 1.68. The van der Waals surface area contributed by atoms with Gasteiger partial charge in [-0.25, -0.2) is 4.39 Å². The Morgan fingerprint density at radius 3 is 2.81 bits per heavy atom. The molecule has 0 saturated heterocycles. The number of aryl methyl sites for hydroxylation is 1. The average Bonchev–Trinajstić information content (AvgIpc) is 2.94. The van der Waals surface area contributed by atoms with Crippen molar-refractivity contribution < 1.29 is 14.0 Å². The predicted octanol–water partition coefficient (Wildman–Crippen LogP) is 4.21. The molecule has 0 amide bonds. The Morgan fingerprint density at radius 1 is 1.24 bits per heavy atom. The summed E-state index contributed by atoms with van der Waals surface area (Å²) in [5.74, 6) is 0.0322. The van der Waals surface area contributed by atoms with Crippen molar-refractivity contribution in [3.05, 3.63) is 52.8 Å². The maximum absolute atomic E-state index is 13.2. The number of para-hydroxylation sites is 1. The summed E-state index contributed by atoms with van der Waals surface area (Å²) in [4.78, 5) is 4.20. The van der Waals surface area contributed by atoms with Gasteiger partial charge < -0.3 is 9.63 Å². The normalized spacial score (nSPS) is 10.8. The minimum absolute atomic E-state index is 0.0164. The van der Waals surface area contributed by atoms with E-state index in [2.05, 4.69) is 10.1 Å². The molecule has 1 N–H and O–H groups in total. The molecule has 0 aliphatic rings. The van der Waals surface area contributed by atoms with Gasteiger partial charge in [-0.15, -0.1) is 0 Å². The van der Waals surface area contributed by atoms with E-state index in [9.17, 15) is 9.50 Å². The Kier molecular flexibility index (Phi) is 3.35. The highest BCUT2D eigenvalue weighted by Crippen LogP contribution is 2.32. The van der Waals surface area contributed by atoms with Crippen molar-refractivity contribution in [1.82, 2.24) is 10.1 Å². The Bertz CT molecular complexity index is 817. The van der Waals surface area contributed by atoms with Crippen LogP contribution in [0.15, 0.2) is 40.9 Å². The first-order chi connectivity index (χ1) is 10.1. The number of aromatic nitrogens is 2. The van der Waals surface area contributed by atoms with Gasteiger partial charge in [-0.2, -0.15) is 4.98 Å². The van der Waals surface area contributed by atoms with Gasteiger partial charge in [-0.1, -0.05) is 28.9 Å². The zero-order valence-electron chi connectivity index (χ0n) is 11.0. The van der Waals surface area contributed by atoms with Crippen molar-refractivity contribution in [2.24, 2.45) is 0 Å². The molecule has 0 fully saturated rings. The van der Waals surface area contributed by atoms with Crippen LogP contribution in [0.5, 0.6) is 5.75 Å². The second-order valence-electron chi connectivity index (χ2n) is 4.52. The number of benzene rings is 2. The lowest BCUT2D eigenvalue weighted by molar-refractivity contribution is 0.425. The molecule has 0 spiro atoms. The van der Waals surface area contributed by atoms with Crippen LogP contribution in [0, 0.1) is 12.7 Å². The zero-order valence-corrected chi connectivity index (χ0v) is 11.7. The Hall–Kier alpha value is -2.40. The fourth-order valence-electron chi connectivity index (χ4n) is 1.92. The SMILES string of the molecule is Cc1cccc(-c2nc(-c3ccc(F)c(Cl)c3)no2)c1O. The van der Waals surface area contributed by atoms with Crippen molar-refractivity contribution in [1.29, 1.82) is 0 Å². The first-order valence-electron chi connectivity index (χ1n) is 6.14. The smallest absolute Gasteiger partial charge is 0.262 e. The van der Waals surface area contributed by atoms with E-state index >= 15 is 0 Å². The van der Waals surface area contributed by atoms with Gasteiger partial charge in [0.1, 0.15) is 11.6 Å². The molecule has 1 aromatic heterocycles. The third-order valence-corrected chi connectivity index (χ3v) is 3.36. The van der Waals surface area contributed by atoms with Crippen molar-refractivity contribution in [2.75, 3.05) is 0 Å². The summed E-state index contributed by atoms with van der Waals surface area (Å²) in [6, 6.07) is 9.39. The molecule has 0 unspecified atom stereocenters. The average molecular weight is 305 g/mol. The number of aromatic hydroxyl groups is 1. The number of phenolic OH excluding ortho intramolecular Hbond substituents is 1. The zero-order chi connectivity index (χ0) is 15.0. The molecule has 0 atom stereocenters. The topological polar surface area (TPSA) is 59.2 Å². The number of nitrogens with zero attached hydrogens (tertiary/aromatic N) is 2. The largest absolute Gasteiger partial charge is 0.507 e. The van der Waals surface area contributed by atoms with E-state index in [4.69, 9.17) is 16.1 Å². The summed E-state index contributed by atoms with van der Waals surface area (Å²) in [7, 11) is 0. The van der Waals surface area contributed by atoms with Gasteiger partial charge in [0.05, 0.1) is 10.6 Å². The summed E-state index contributed by atoms with van der Waals surface area (Å²) in [6.45, 7) is 1.77. The number of halogens is 2. The highest BCUT2D eigenvalue weighted by Gasteiger charge is 2.15. The molecule has 0 saturated carbocycles. The lowest BCUT2D eigenvalue weighted by Gasteiger charge is -2.01. The van der Waals surface area contributed by atoms with Crippen molar-refractivity contribution in [2.45, 2.75) is 6.92 Å². The summed E-state index contributed by atoms with van der Waals surface area (Å²) in [5, 5.41) is 13.8. The third kappa shape index (κ3) is 2.48. The number of hydrogen-bond acceptors (Lipinski definition) is 4. The quantitative estimate of drug-likeness (QED) is 0.770. The summed E-state index contributed by atoms with van der Waals surface area (Å²) < 4.78 is 18.3. The van der Waals surface area contributed by atoms with E-state index in [1.54, 1.807) is 25.1 Å². The summed E-state index contributed by atoms with van der Waals surface area (Å²) in [6.07, 6.45) is 0. The molecule has 6 heteroatoms. The molecule has 0 radical (unpaired) electrons. The van der Waals surface area contributed by atoms with Crippen LogP contribution < -0.4 is 0 Å². The Labute approximate surface area is 124 Å². The Balaban J connectivity index is 2.03. The van der Waals surface area contributed by atoms with Gasteiger partial charge in [0.15, 0.2) is 0 Å². The van der Waals surface area contributed by atoms with E-state index in [1.165, 1.54) is 18.2 Å². The van der Waals surface area contributed by atoms with Gasteiger partial charge in [-0.3, -0.25) is 0 Å². The van der Waals surface area contributed by atoms with Crippen LogP contribution >= 0.6 is 11.6 Å². The second kappa shape index (κ2) is 5.18. The van der Waals surface area contributed by atoms with E-state index in [0.29, 0.717) is 16.7 Å². The van der Waals surface area contributed by atoms with Crippen LogP contribution in [-0.2, 0) is 0 Å². The van der Waals surface area contributed by atoms with E-state index in [0.717, 1.165) is 0 Å². The van der Waals surface area contributed by atoms with Crippen LogP contribution in [-0.4, -0.2) is 15.2 Å². The fraction of sp³-hybridized carbons (Fsp3) is 0.0667. The standard InChI is InChI=1S/C15H10ClFN2O2/c1-8-3-2-4-10(13(8)20)15-18-14(19-21-15)9-5-6-12(17)11(16)7-9/h2-7,20H,1H3. The van der Waals surface area contributed by atoms with Crippen LogP contribution in [0.2, 0.25) is 5.02 Å². The van der Waals surface area contributed by atoms with Gasteiger partial charge in [0, 0.05) is 5.56 Å². The molecule has 3 rings (SSSR count). The highest BCUT2D eigenvalue weighted by molar-refractivity contribution is 6.31. The maximum atomic E-state index is 13.2. The molecule has 4 nitrogen and oxygen atoms in total. The number of rotatable bonds is 2. The van der Waals surface area contributed by atoms with E-state index in [-0.39, 0.29) is 22.5 Å². The van der Waals surface area contributed by atoms with Crippen LogP contribution in [0.3, 0.4) is 0 Å². The van der Waals surface area contributed by atoms with Crippen LogP contribution in [0.4, 0.5) is 4.39 Å². The lowest BCUT2D eigenvalue weighted by Crippen LogP contribution is -1.85. The van der Waals surface area contributed by atoms with Crippen LogP contribution in [0.25, 0.3) is 22.8 Å². The third-order valence-electron chi connectivity index (χ3n) is 3.07. The lowest BCUT2D eigenvalue weighted by atomic mass is 10.1. The highest BCUT2D eigenvalue weighted by atomic mass is 35.5. The molecule has 106 valence electrons. The predicted molar refractivity (Wildman–Crippen MR) is 76.5 cm³/mol. The van der Waals surface area contributed by atoms with E-state index < -0.39 is 5.82 Å². The molecular formula is C15H10ClFN2O2. The molecule has 0 aliphatic carbocycles. The second-order valence-corrected chi connectivity index (χ2v) is 4.93. The Morgan fingerprint density at radius 2 is 2.05 bits per heavy atom. The molecule has 0 bridgehead atoms. The molecule has 3 aromatic rings. The number of phenols is 1. The first-order valence-corrected chi connectivity index (χ1v) is 6.52. The summed E-state index contributed by atoms with van der Waals surface area (Å²) >= 11 is 5.73. The van der Waals surface area contributed by atoms with Gasteiger partial charge in [0.25, 0.3) is 5.89 Å². The van der Waals surface area contributed by atoms with Gasteiger partial charge >= 0.3 is 0 Å².